The van der Waals surface area contributed by atoms with Gasteiger partial charge in [-0.1, -0.05) is 54.6 Å². The number of hydrogen-bond acceptors (Lipinski definition) is 3. The molecule has 2 aromatic rings. The van der Waals surface area contributed by atoms with Crippen molar-refractivity contribution in [2.24, 2.45) is 0 Å². The molecule has 3 nitrogen and oxygen atoms in total. The van der Waals surface area contributed by atoms with Crippen LogP contribution in [0, 0.1) is 0 Å². The first-order valence-electron chi connectivity index (χ1n) is 7.02. The van der Waals surface area contributed by atoms with Crippen molar-refractivity contribution in [3.63, 3.8) is 0 Å². The smallest absolute Gasteiger partial charge is 0.148 e. The van der Waals surface area contributed by atoms with E-state index >= 15 is 0 Å². The molecule has 0 saturated heterocycles. The number of rotatable bonds is 6. The van der Waals surface area contributed by atoms with Crippen molar-refractivity contribution in [1.82, 2.24) is 5.32 Å². The zero-order valence-corrected chi connectivity index (χ0v) is 13.2. The molecule has 0 aliphatic heterocycles. The molecule has 112 valence electrons. The predicted molar refractivity (Wildman–Crippen MR) is 88.0 cm³/mol. The molecule has 0 bridgehead atoms. The van der Waals surface area contributed by atoms with Crippen molar-refractivity contribution in [3.8, 4) is 11.1 Å². The summed E-state index contributed by atoms with van der Waals surface area (Å²) < 4.78 is 22.2. The maximum absolute atomic E-state index is 11.1. The van der Waals surface area contributed by atoms with Gasteiger partial charge in [0.1, 0.15) is 9.84 Å². The quantitative estimate of drug-likeness (QED) is 0.892. The van der Waals surface area contributed by atoms with E-state index in [0.717, 1.165) is 5.56 Å². The lowest BCUT2D eigenvalue weighted by molar-refractivity contribution is 0.576. The highest BCUT2D eigenvalue weighted by atomic mass is 32.2. The van der Waals surface area contributed by atoms with Crippen LogP contribution in [0.2, 0.25) is 0 Å². The van der Waals surface area contributed by atoms with Gasteiger partial charge in [0.2, 0.25) is 0 Å². The van der Waals surface area contributed by atoms with Gasteiger partial charge < -0.3 is 5.32 Å². The fourth-order valence-electron chi connectivity index (χ4n) is 2.17. The van der Waals surface area contributed by atoms with Gasteiger partial charge in [0, 0.05) is 18.8 Å². The third-order valence-electron chi connectivity index (χ3n) is 3.44. The Bertz CT molecular complexity index is 664. The third-order valence-corrected chi connectivity index (χ3v) is 4.39. The molecule has 0 spiro atoms. The average Bonchev–Trinajstić information content (AvgIpc) is 2.47. The van der Waals surface area contributed by atoms with Crippen molar-refractivity contribution < 1.29 is 8.42 Å². The second kappa shape index (κ2) is 6.87. The molecule has 1 N–H and O–H groups in total. The van der Waals surface area contributed by atoms with Crippen LogP contribution in [0.1, 0.15) is 18.5 Å². The van der Waals surface area contributed by atoms with E-state index in [2.05, 4.69) is 41.7 Å². The van der Waals surface area contributed by atoms with Crippen molar-refractivity contribution in [2.75, 3.05) is 18.6 Å². The molecular formula is C17H21NO2S. The molecule has 1 unspecified atom stereocenters. The van der Waals surface area contributed by atoms with Crippen LogP contribution < -0.4 is 5.32 Å². The first-order chi connectivity index (χ1) is 9.96. The van der Waals surface area contributed by atoms with Gasteiger partial charge >= 0.3 is 0 Å². The summed E-state index contributed by atoms with van der Waals surface area (Å²) in [5, 5.41) is 3.24. The first kappa shape index (κ1) is 15.7. The fourth-order valence-corrected chi connectivity index (χ4v) is 2.66. The van der Waals surface area contributed by atoms with Gasteiger partial charge in [-0.05, 0) is 23.6 Å². The van der Waals surface area contributed by atoms with Crippen LogP contribution in [0.3, 0.4) is 0 Å². The zero-order valence-electron chi connectivity index (χ0n) is 12.4. The largest absolute Gasteiger partial charge is 0.309 e. The fraction of sp³-hybridized carbons (Fsp3) is 0.294. The van der Waals surface area contributed by atoms with E-state index in [9.17, 15) is 8.42 Å². The van der Waals surface area contributed by atoms with Crippen LogP contribution in [0.15, 0.2) is 54.6 Å². The Morgan fingerprint density at radius 1 is 0.952 bits per heavy atom. The van der Waals surface area contributed by atoms with Crippen LogP contribution in [0.25, 0.3) is 11.1 Å². The second-order valence-electron chi connectivity index (χ2n) is 5.29. The monoisotopic (exact) mass is 303 g/mol. The Morgan fingerprint density at radius 3 is 2.10 bits per heavy atom. The summed E-state index contributed by atoms with van der Waals surface area (Å²) >= 11 is 0. The van der Waals surface area contributed by atoms with Crippen molar-refractivity contribution >= 4 is 9.84 Å². The van der Waals surface area contributed by atoms with Crippen LogP contribution >= 0.6 is 0 Å². The Morgan fingerprint density at radius 2 is 1.52 bits per heavy atom. The highest BCUT2D eigenvalue weighted by Gasteiger charge is 2.07. The number of sulfone groups is 1. The lowest BCUT2D eigenvalue weighted by Gasteiger charge is -2.14. The normalized spacial score (nSPS) is 13.0. The SMILES string of the molecule is CC(NCCS(C)(=O)=O)c1ccc(-c2ccccc2)cc1. The molecule has 4 heteroatoms. The molecule has 0 fully saturated rings. The molecule has 0 radical (unpaired) electrons. The molecule has 0 aromatic heterocycles. The minimum absolute atomic E-state index is 0.136. The van der Waals surface area contributed by atoms with E-state index in [4.69, 9.17) is 0 Å². The van der Waals surface area contributed by atoms with Gasteiger partial charge in [-0.3, -0.25) is 0 Å². The van der Waals surface area contributed by atoms with E-state index in [-0.39, 0.29) is 11.8 Å². The average molecular weight is 303 g/mol. The zero-order chi connectivity index (χ0) is 15.3. The molecule has 2 rings (SSSR count). The number of hydrogen-bond donors (Lipinski definition) is 1. The standard InChI is InChI=1S/C17H21NO2S/c1-14(18-12-13-21(2,19)20)15-8-10-17(11-9-15)16-6-4-3-5-7-16/h3-11,14,18H,12-13H2,1-2H3. The van der Waals surface area contributed by atoms with Crippen LogP contribution in [0.5, 0.6) is 0 Å². The summed E-state index contributed by atoms with van der Waals surface area (Å²) in [6.45, 7) is 2.51. The maximum atomic E-state index is 11.1. The van der Waals surface area contributed by atoms with E-state index in [1.54, 1.807) is 0 Å². The topological polar surface area (TPSA) is 46.2 Å². The molecule has 0 amide bonds. The predicted octanol–water partition coefficient (Wildman–Crippen LogP) is 3.05. The summed E-state index contributed by atoms with van der Waals surface area (Å²) in [5.74, 6) is 0.166. The van der Waals surface area contributed by atoms with Gasteiger partial charge in [0.25, 0.3) is 0 Å². The summed E-state index contributed by atoms with van der Waals surface area (Å²) in [6.07, 6.45) is 1.26. The summed E-state index contributed by atoms with van der Waals surface area (Å²) in [4.78, 5) is 0. The lowest BCUT2D eigenvalue weighted by atomic mass is 10.0. The van der Waals surface area contributed by atoms with Gasteiger partial charge in [-0.25, -0.2) is 8.42 Å². The molecule has 0 heterocycles. The maximum Gasteiger partial charge on any atom is 0.148 e. The van der Waals surface area contributed by atoms with Crippen LogP contribution in [-0.2, 0) is 9.84 Å². The second-order valence-corrected chi connectivity index (χ2v) is 7.55. The van der Waals surface area contributed by atoms with Crippen molar-refractivity contribution in [1.29, 1.82) is 0 Å². The van der Waals surface area contributed by atoms with Gasteiger partial charge in [0.15, 0.2) is 0 Å². The number of nitrogens with one attached hydrogen (secondary N) is 1. The number of benzene rings is 2. The van der Waals surface area contributed by atoms with Crippen molar-refractivity contribution in [2.45, 2.75) is 13.0 Å². The highest BCUT2D eigenvalue weighted by molar-refractivity contribution is 7.90. The Kier molecular flexibility index (Phi) is 5.15. The van der Waals surface area contributed by atoms with E-state index in [1.165, 1.54) is 17.4 Å². The summed E-state index contributed by atoms with van der Waals surface area (Å²) in [6, 6.07) is 18.7. The van der Waals surface area contributed by atoms with Crippen LogP contribution in [0.4, 0.5) is 0 Å². The van der Waals surface area contributed by atoms with Gasteiger partial charge in [-0.15, -0.1) is 0 Å². The first-order valence-corrected chi connectivity index (χ1v) is 9.08. The molecule has 0 saturated carbocycles. The van der Waals surface area contributed by atoms with E-state index in [1.807, 2.05) is 25.1 Å². The molecule has 0 aliphatic rings. The Labute approximate surface area is 126 Å². The minimum atomic E-state index is -2.91. The lowest BCUT2D eigenvalue weighted by Crippen LogP contribution is -2.25. The Balaban J connectivity index is 1.99. The summed E-state index contributed by atoms with van der Waals surface area (Å²) in [5.41, 5.74) is 3.53. The van der Waals surface area contributed by atoms with Crippen molar-refractivity contribution in [3.05, 3.63) is 60.2 Å². The van der Waals surface area contributed by atoms with Gasteiger partial charge in [-0.2, -0.15) is 0 Å². The minimum Gasteiger partial charge on any atom is -0.309 e. The molecule has 0 aliphatic carbocycles. The molecular weight excluding hydrogens is 282 g/mol. The Hall–Kier alpha value is -1.65. The molecule has 2 aromatic carbocycles. The third kappa shape index (κ3) is 4.99. The van der Waals surface area contributed by atoms with E-state index < -0.39 is 9.84 Å². The van der Waals surface area contributed by atoms with Gasteiger partial charge in [0.05, 0.1) is 5.75 Å². The molecule has 1 atom stereocenters. The summed E-state index contributed by atoms with van der Waals surface area (Å²) in [7, 11) is -2.91. The molecule has 21 heavy (non-hydrogen) atoms. The van der Waals surface area contributed by atoms with E-state index in [0.29, 0.717) is 6.54 Å². The van der Waals surface area contributed by atoms with Crippen LogP contribution in [-0.4, -0.2) is 27.0 Å². The highest BCUT2D eigenvalue weighted by Crippen LogP contribution is 2.21.